The highest BCUT2D eigenvalue weighted by atomic mass is 16.5. The third kappa shape index (κ3) is 7.07. The average Bonchev–Trinajstić information content (AvgIpc) is 2.71. The third-order valence-electron chi connectivity index (χ3n) is 3.94. The molecule has 2 aromatic carbocycles. The van der Waals surface area contributed by atoms with Gasteiger partial charge < -0.3 is 14.8 Å². The predicted octanol–water partition coefficient (Wildman–Crippen LogP) is 2.45. The molecular weight excluding hydrogens is 358 g/mol. The van der Waals surface area contributed by atoms with Crippen LogP contribution in [0.1, 0.15) is 16.7 Å². The fourth-order valence-electron chi connectivity index (χ4n) is 2.45. The van der Waals surface area contributed by atoms with Crippen LogP contribution in [0.4, 0.5) is 0 Å². The lowest BCUT2D eigenvalue weighted by atomic mass is 10.1. The van der Waals surface area contributed by atoms with E-state index in [-0.39, 0.29) is 6.42 Å². The average molecular weight is 381 g/mol. The van der Waals surface area contributed by atoms with E-state index in [1.54, 1.807) is 6.08 Å². The number of ether oxygens (including phenoxy) is 2. The van der Waals surface area contributed by atoms with Gasteiger partial charge in [-0.25, -0.2) is 9.59 Å². The molecule has 0 heterocycles. The zero-order valence-corrected chi connectivity index (χ0v) is 15.9. The summed E-state index contributed by atoms with van der Waals surface area (Å²) in [5, 5.41) is 2.54. The monoisotopic (exact) mass is 381 g/mol. The molecule has 0 aliphatic heterocycles. The number of carbonyl (C=O) groups excluding carboxylic acids is 3. The highest BCUT2D eigenvalue weighted by molar-refractivity contribution is 5.90. The van der Waals surface area contributed by atoms with Gasteiger partial charge in [-0.15, -0.1) is 0 Å². The van der Waals surface area contributed by atoms with Crippen LogP contribution in [0.5, 0.6) is 0 Å². The summed E-state index contributed by atoms with van der Waals surface area (Å²) >= 11 is 0. The van der Waals surface area contributed by atoms with Gasteiger partial charge >= 0.3 is 11.9 Å². The fraction of sp³-hybridized carbons (Fsp3) is 0.227. The van der Waals surface area contributed by atoms with Crippen molar-refractivity contribution in [1.82, 2.24) is 5.32 Å². The fourth-order valence-corrected chi connectivity index (χ4v) is 2.45. The number of rotatable bonds is 8. The molecule has 146 valence electrons. The molecule has 0 radical (unpaired) electrons. The summed E-state index contributed by atoms with van der Waals surface area (Å²) in [7, 11) is 1.25. The topological polar surface area (TPSA) is 81.7 Å². The molecule has 0 unspecified atom stereocenters. The molecule has 0 aromatic heterocycles. The van der Waals surface area contributed by atoms with E-state index in [0.29, 0.717) is 0 Å². The molecule has 0 aliphatic carbocycles. The van der Waals surface area contributed by atoms with Gasteiger partial charge in [0.15, 0.2) is 6.61 Å². The van der Waals surface area contributed by atoms with Crippen LogP contribution in [0.15, 0.2) is 60.7 Å². The SMILES string of the molecule is COC(=O)[C@@H](Cc1ccccc1)NC(=O)COC(=O)/C=C/c1ccc(C)cc1. The number of amides is 1. The summed E-state index contributed by atoms with van der Waals surface area (Å²) in [6.07, 6.45) is 3.13. The predicted molar refractivity (Wildman–Crippen MR) is 105 cm³/mol. The smallest absolute Gasteiger partial charge is 0.331 e. The summed E-state index contributed by atoms with van der Waals surface area (Å²) in [6.45, 7) is 1.49. The van der Waals surface area contributed by atoms with E-state index in [9.17, 15) is 14.4 Å². The number of nitrogens with one attached hydrogen (secondary N) is 1. The van der Waals surface area contributed by atoms with Crippen molar-refractivity contribution in [2.24, 2.45) is 0 Å². The Bertz CT molecular complexity index is 828. The lowest BCUT2D eigenvalue weighted by molar-refractivity contribution is -0.147. The van der Waals surface area contributed by atoms with Crippen LogP contribution in [0.3, 0.4) is 0 Å². The maximum Gasteiger partial charge on any atom is 0.331 e. The molecule has 28 heavy (non-hydrogen) atoms. The van der Waals surface area contributed by atoms with E-state index in [1.807, 2.05) is 61.5 Å². The summed E-state index contributed by atoms with van der Waals surface area (Å²) in [5.41, 5.74) is 2.84. The molecular formula is C22H23NO5. The van der Waals surface area contributed by atoms with Crippen molar-refractivity contribution in [3.63, 3.8) is 0 Å². The lowest BCUT2D eigenvalue weighted by Crippen LogP contribution is -2.44. The zero-order chi connectivity index (χ0) is 20.4. The number of hydrogen-bond acceptors (Lipinski definition) is 5. The Balaban J connectivity index is 1.85. The molecule has 1 N–H and O–H groups in total. The molecule has 0 saturated heterocycles. The Morgan fingerprint density at radius 3 is 2.36 bits per heavy atom. The second-order valence-corrected chi connectivity index (χ2v) is 6.18. The van der Waals surface area contributed by atoms with Crippen molar-refractivity contribution < 1.29 is 23.9 Å². The van der Waals surface area contributed by atoms with Crippen molar-refractivity contribution in [2.75, 3.05) is 13.7 Å². The number of aryl methyl sites for hydroxylation is 1. The van der Waals surface area contributed by atoms with Gasteiger partial charge in [0.05, 0.1) is 7.11 Å². The highest BCUT2D eigenvalue weighted by Gasteiger charge is 2.22. The zero-order valence-electron chi connectivity index (χ0n) is 15.9. The van der Waals surface area contributed by atoms with E-state index in [2.05, 4.69) is 5.32 Å². The summed E-state index contributed by atoms with van der Waals surface area (Å²) in [6, 6.07) is 16.0. The van der Waals surface area contributed by atoms with Crippen LogP contribution >= 0.6 is 0 Å². The van der Waals surface area contributed by atoms with Gasteiger partial charge in [0.2, 0.25) is 0 Å². The van der Waals surface area contributed by atoms with Crippen LogP contribution in [-0.4, -0.2) is 37.6 Å². The Labute approximate surface area is 164 Å². The number of esters is 2. The van der Waals surface area contributed by atoms with Crippen molar-refractivity contribution in [3.8, 4) is 0 Å². The Hall–Kier alpha value is -3.41. The molecule has 0 aliphatic rings. The van der Waals surface area contributed by atoms with E-state index < -0.39 is 30.5 Å². The van der Waals surface area contributed by atoms with Crippen molar-refractivity contribution >= 4 is 23.9 Å². The first-order valence-electron chi connectivity index (χ1n) is 8.80. The van der Waals surface area contributed by atoms with Gasteiger partial charge in [0.1, 0.15) is 6.04 Å². The summed E-state index contributed by atoms with van der Waals surface area (Å²) in [5.74, 6) is -1.79. The van der Waals surface area contributed by atoms with Crippen LogP contribution in [0.25, 0.3) is 6.08 Å². The number of hydrogen-bond donors (Lipinski definition) is 1. The first kappa shape index (κ1) is 20.9. The molecule has 2 aromatic rings. The quantitative estimate of drug-likeness (QED) is 0.561. The third-order valence-corrected chi connectivity index (χ3v) is 3.94. The molecule has 1 atom stereocenters. The van der Waals surface area contributed by atoms with Gasteiger partial charge in [-0.05, 0) is 24.1 Å². The van der Waals surface area contributed by atoms with Crippen LogP contribution in [0, 0.1) is 6.92 Å². The second kappa shape index (κ2) is 10.7. The number of benzene rings is 2. The van der Waals surface area contributed by atoms with E-state index in [1.165, 1.54) is 13.2 Å². The summed E-state index contributed by atoms with van der Waals surface area (Å²) < 4.78 is 9.66. The molecule has 0 saturated carbocycles. The van der Waals surface area contributed by atoms with E-state index in [0.717, 1.165) is 16.7 Å². The Morgan fingerprint density at radius 2 is 1.71 bits per heavy atom. The molecule has 2 rings (SSSR count). The van der Waals surface area contributed by atoms with Gasteiger partial charge in [0.25, 0.3) is 5.91 Å². The van der Waals surface area contributed by atoms with E-state index >= 15 is 0 Å². The van der Waals surface area contributed by atoms with Gasteiger partial charge in [-0.1, -0.05) is 60.2 Å². The van der Waals surface area contributed by atoms with Crippen LogP contribution in [0.2, 0.25) is 0 Å². The maximum absolute atomic E-state index is 12.1. The minimum Gasteiger partial charge on any atom is -0.467 e. The van der Waals surface area contributed by atoms with Crippen molar-refractivity contribution in [3.05, 3.63) is 77.4 Å². The van der Waals surface area contributed by atoms with Crippen LogP contribution < -0.4 is 5.32 Å². The first-order chi connectivity index (χ1) is 13.5. The largest absolute Gasteiger partial charge is 0.467 e. The normalized spacial score (nSPS) is 11.6. The second-order valence-electron chi connectivity index (χ2n) is 6.18. The Morgan fingerprint density at radius 1 is 1.04 bits per heavy atom. The Kier molecular flexibility index (Phi) is 7.96. The molecule has 0 fully saturated rings. The van der Waals surface area contributed by atoms with Crippen LogP contribution in [-0.2, 0) is 30.3 Å². The molecule has 0 spiro atoms. The van der Waals surface area contributed by atoms with E-state index in [4.69, 9.17) is 9.47 Å². The van der Waals surface area contributed by atoms with Gasteiger partial charge in [-0.2, -0.15) is 0 Å². The van der Waals surface area contributed by atoms with Gasteiger partial charge in [-0.3, -0.25) is 4.79 Å². The van der Waals surface area contributed by atoms with Crippen molar-refractivity contribution in [1.29, 1.82) is 0 Å². The molecule has 1 amide bonds. The number of methoxy groups -OCH3 is 1. The number of carbonyl (C=O) groups is 3. The molecule has 6 nitrogen and oxygen atoms in total. The molecule has 0 bridgehead atoms. The summed E-state index contributed by atoms with van der Waals surface area (Å²) in [4.78, 5) is 35.8. The van der Waals surface area contributed by atoms with Gasteiger partial charge in [0, 0.05) is 12.5 Å². The maximum atomic E-state index is 12.1. The minimum absolute atomic E-state index is 0.278. The first-order valence-corrected chi connectivity index (χ1v) is 8.80. The van der Waals surface area contributed by atoms with Crippen molar-refractivity contribution in [2.45, 2.75) is 19.4 Å². The standard InChI is InChI=1S/C22H23NO5/c1-16-8-10-17(11-9-16)12-13-21(25)28-15-20(24)23-19(22(26)27-2)14-18-6-4-3-5-7-18/h3-13,19H,14-15H2,1-2H3,(H,23,24)/b13-12+/t19-/m1/s1. The molecule has 6 heteroatoms. The minimum atomic E-state index is -0.860. The highest BCUT2D eigenvalue weighted by Crippen LogP contribution is 2.06. The lowest BCUT2D eigenvalue weighted by Gasteiger charge is -2.16.